The van der Waals surface area contributed by atoms with Gasteiger partial charge in [-0.3, -0.25) is 14.6 Å². The highest BCUT2D eigenvalue weighted by molar-refractivity contribution is 5.98. The van der Waals surface area contributed by atoms with Crippen LogP contribution in [0.15, 0.2) is 42.6 Å². The van der Waals surface area contributed by atoms with Crippen LogP contribution in [0.1, 0.15) is 38.9 Å². The summed E-state index contributed by atoms with van der Waals surface area (Å²) in [5.74, 6) is -0.318. The van der Waals surface area contributed by atoms with Crippen LogP contribution in [-0.4, -0.2) is 59.3 Å². The Kier molecular flexibility index (Phi) is 6.19. The third-order valence-electron chi connectivity index (χ3n) is 4.92. The van der Waals surface area contributed by atoms with E-state index in [9.17, 15) is 9.59 Å². The van der Waals surface area contributed by atoms with Gasteiger partial charge < -0.3 is 15.1 Å². The van der Waals surface area contributed by atoms with E-state index in [2.05, 4.69) is 22.1 Å². The number of aromatic nitrogens is 1. The van der Waals surface area contributed by atoms with Crippen LogP contribution in [0.4, 0.5) is 0 Å². The van der Waals surface area contributed by atoms with Crippen molar-refractivity contribution in [1.29, 1.82) is 0 Å². The molecular formula is C21H26N4O2. The van der Waals surface area contributed by atoms with Gasteiger partial charge in [0, 0.05) is 44.5 Å². The van der Waals surface area contributed by atoms with E-state index in [-0.39, 0.29) is 17.5 Å². The highest BCUT2D eigenvalue weighted by Crippen LogP contribution is 2.10. The number of carbonyl (C=O) groups excluding carboxylic acids is 2. The van der Waals surface area contributed by atoms with Crippen LogP contribution >= 0.6 is 0 Å². The summed E-state index contributed by atoms with van der Waals surface area (Å²) in [4.78, 5) is 33.4. The van der Waals surface area contributed by atoms with E-state index >= 15 is 0 Å². The average molecular weight is 366 g/mol. The number of pyridine rings is 1. The van der Waals surface area contributed by atoms with Gasteiger partial charge in [-0.25, -0.2) is 0 Å². The first-order valence-corrected chi connectivity index (χ1v) is 9.38. The minimum Gasteiger partial charge on any atom is -0.347 e. The second-order valence-electron chi connectivity index (χ2n) is 6.82. The zero-order valence-corrected chi connectivity index (χ0v) is 15.9. The number of hydrogen-bond acceptors (Lipinski definition) is 4. The fraction of sp³-hybridized carbons (Fsp3) is 0.381. The fourth-order valence-corrected chi connectivity index (χ4v) is 3.12. The maximum atomic E-state index is 12.7. The van der Waals surface area contributed by atoms with Crippen molar-refractivity contribution >= 4 is 11.8 Å². The molecule has 1 aromatic heterocycles. The molecule has 0 saturated carbocycles. The number of amides is 2. The molecule has 2 aromatic rings. The molecule has 1 fully saturated rings. The Hall–Kier alpha value is -2.73. The van der Waals surface area contributed by atoms with E-state index in [1.165, 1.54) is 11.8 Å². The molecule has 0 radical (unpaired) electrons. The lowest BCUT2D eigenvalue weighted by atomic mass is 10.1. The summed E-state index contributed by atoms with van der Waals surface area (Å²) in [5, 5.41) is 2.86. The zero-order chi connectivity index (χ0) is 19.2. The van der Waals surface area contributed by atoms with Gasteiger partial charge in [-0.05, 0) is 31.2 Å². The normalized spacial score (nSPS) is 14.8. The summed E-state index contributed by atoms with van der Waals surface area (Å²) >= 11 is 0. The van der Waals surface area contributed by atoms with Gasteiger partial charge >= 0.3 is 0 Å². The summed E-state index contributed by atoms with van der Waals surface area (Å²) in [6, 6.07) is 11.2. The van der Waals surface area contributed by atoms with Crippen molar-refractivity contribution in [2.75, 3.05) is 32.7 Å². The van der Waals surface area contributed by atoms with Crippen molar-refractivity contribution < 1.29 is 9.59 Å². The molecule has 2 amide bonds. The molecule has 0 aliphatic carbocycles. The van der Waals surface area contributed by atoms with Crippen molar-refractivity contribution in [3.8, 4) is 0 Å². The molecule has 0 unspecified atom stereocenters. The Morgan fingerprint density at radius 3 is 2.44 bits per heavy atom. The second kappa shape index (κ2) is 8.77. The van der Waals surface area contributed by atoms with Crippen LogP contribution in [0.2, 0.25) is 0 Å². The van der Waals surface area contributed by atoms with E-state index in [0.717, 1.165) is 25.2 Å². The third-order valence-corrected chi connectivity index (χ3v) is 4.92. The first kappa shape index (κ1) is 19.0. The van der Waals surface area contributed by atoms with Crippen molar-refractivity contribution in [1.82, 2.24) is 20.1 Å². The summed E-state index contributed by atoms with van der Waals surface area (Å²) in [5.41, 5.74) is 2.98. The van der Waals surface area contributed by atoms with Crippen LogP contribution in [0, 0.1) is 6.92 Å². The third kappa shape index (κ3) is 4.92. The van der Waals surface area contributed by atoms with Gasteiger partial charge in [0.05, 0.1) is 0 Å². The average Bonchev–Trinajstić information content (AvgIpc) is 2.72. The maximum Gasteiger partial charge on any atom is 0.270 e. The number of likely N-dealkylation sites (N-methyl/N-ethyl adjacent to an activating group) is 1. The van der Waals surface area contributed by atoms with Gasteiger partial charge in [0.15, 0.2) is 0 Å². The van der Waals surface area contributed by atoms with Crippen molar-refractivity contribution in [3.05, 3.63) is 65.0 Å². The molecule has 6 nitrogen and oxygen atoms in total. The smallest absolute Gasteiger partial charge is 0.270 e. The number of hydrogen-bond donors (Lipinski definition) is 1. The van der Waals surface area contributed by atoms with E-state index in [0.29, 0.717) is 25.2 Å². The molecule has 0 spiro atoms. The van der Waals surface area contributed by atoms with E-state index < -0.39 is 0 Å². The monoisotopic (exact) mass is 366 g/mol. The summed E-state index contributed by atoms with van der Waals surface area (Å²) in [6.07, 6.45) is 1.52. The predicted molar refractivity (Wildman–Crippen MR) is 105 cm³/mol. The van der Waals surface area contributed by atoms with Crippen LogP contribution < -0.4 is 5.32 Å². The molecule has 1 saturated heterocycles. The Balaban J connectivity index is 1.61. The molecule has 1 aromatic carbocycles. The van der Waals surface area contributed by atoms with E-state index in [1.54, 1.807) is 12.1 Å². The van der Waals surface area contributed by atoms with E-state index in [1.807, 2.05) is 36.1 Å². The topological polar surface area (TPSA) is 65.5 Å². The molecule has 1 aliphatic heterocycles. The summed E-state index contributed by atoms with van der Waals surface area (Å²) < 4.78 is 0. The lowest BCUT2D eigenvalue weighted by molar-refractivity contribution is 0.0643. The van der Waals surface area contributed by atoms with Gasteiger partial charge in [0.25, 0.3) is 11.8 Å². The highest BCUT2D eigenvalue weighted by Gasteiger charge is 2.22. The van der Waals surface area contributed by atoms with Crippen molar-refractivity contribution in [2.45, 2.75) is 20.4 Å². The number of carbonyl (C=O) groups is 2. The first-order chi connectivity index (χ1) is 13.1. The Morgan fingerprint density at radius 2 is 1.78 bits per heavy atom. The van der Waals surface area contributed by atoms with Crippen LogP contribution in [0.3, 0.4) is 0 Å². The maximum absolute atomic E-state index is 12.7. The molecule has 0 atom stereocenters. The fourth-order valence-electron chi connectivity index (χ4n) is 3.12. The Bertz CT molecular complexity index is 796. The number of nitrogens with one attached hydrogen (secondary N) is 1. The van der Waals surface area contributed by atoms with Crippen LogP contribution in [0.5, 0.6) is 0 Å². The highest BCUT2D eigenvalue weighted by atomic mass is 16.2. The molecule has 142 valence electrons. The Labute approximate surface area is 160 Å². The molecular weight excluding hydrogens is 340 g/mol. The molecule has 2 heterocycles. The minimum atomic E-state index is -0.277. The first-order valence-electron chi connectivity index (χ1n) is 9.38. The van der Waals surface area contributed by atoms with Gasteiger partial charge in [-0.15, -0.1) is 0 Å². The zero-order valence-electron chi connectivity index (χ0n) is 15.9. The molecule has 27 heavy (non-hydrogen) atoms. The van der Waals surface area contributed by atoms with Crippen molar-refractivity contribution in [3.63, 3.8) is 0 Å². The minimum absolute atomic E-state index is 0.0410. The number of aryl methyl sites for hydroxylation is 1. The molecule has 1 aliphatic rings. The second-order valence-corrected chi connectivity index (χ2v) is 6.82. The molecule has 0 bridgehead atoms. The molecule has 1 N–H and O–H groups in total. The number of nitrogens with zero attached hydrogens (tertiary/aromatic N) is 3. The summed E-state index contributed by atoms with van der Waals surface area (Å²) in [6.45, 7) is 8.78. The van der Waals surface area contributed by atoms with Crippen molar-refractivity contribution in [2.24, 2.45) is 0 Å². The van der Waals surface area contributed by atoms with Gasteiger partial charge in [0.1, 0.15) is 5.69 Å². The molecule has 6 heteroatoms. The largest absolute Gasteiger partial charge is 0.347 e. The lowest BCUT2D eigenvalue weighted by Crippen LogP contribution is -2.48. The van der Waals surface area contributed by atoms with Crippen LogP contribution in [0.25, 0.3) is 0 Å². The van der Waals surface area contributed by atoms with Crippen LogP contribution in [-0.2, 0) is 6.54 Å². The lowest BCUT2D eigenvalue weighted by Gasteiger charge is -2.34. The number of piperazine rings is 1. The Morgan fingerprint density at radius 1 is 1.07 bits per heavy atom. The van der Waals surface area contributed by atoms with E-state index in [4.69, 9.17) is 0 Å². The quantitative estimate of drug-likeness (QED) is 0.880. The van der Waals surface area contributed by atoms with Gasteiger partial charge in [0.2, 0.25) is 0 Å². The number of benzene rings is 1. The number of rotatable bonds is 5. The predicted octanol–water partition coefficient (Wildman–Crippen LogP) is 2.10. The summed E-state index contributed by atoms with van der Waals surface area (Å²) in [7, 11) is 0. The van der Waals surface area contributed by atoms with Gasteiger partial charge in [-0.1, -0.05) is 36.8 Å². The standard InChI is InChI=1S/C21H26N4O2/c1-3-24-10-12-25(13-11-24)21(27)18-8-9-22-19(14-18)20(26)23-15-17-6-4-16(2)5-7-17/h4-9,14H,3,10-13,15H2,1-2H3,(H,23,26). The SMILES string of the molecule is CCN1CCN(C(=O)c2ccnc(C(=O)NCc3ccc(C)cc3)c2)CC1. The van der Waals surface area contributed by atoms with Gasteiger partial charge in [-0.2, -0.15) is 0 Å². The molecule has 3 rings (SSSR count).